The lowest BCUT2D eigenvalue weighted by Gasteiger charge is -2.30. The highest BCUT2D eigenvalue weighted by molar-refractivity contribution is 7.80. The van der Waals surface area contributed by atoms with Gasteiger partial charge >= 0.3 is 5.97 Å². The molecule has 1 aromatic heterocycles. The minimum absolute atomic E-state index is 0.225. The van der Waals surface area contributed by atoms with Crippen LogP contribution in [0.4, 0.5) is 0 Å². The second kappa shape index (κ2) is 13.7. The highest BCUT2D eigenvalue weighted by Crippen LogP contribution is 2.33. The zero-order chi connectivity index (χ0) is 31.1. The number of nitrogens with one attached hydrogen (secondary N) is 3. The Morgan fingerprint density at radius 2 is 1.86 bits per heavy atom. The number of para-hydroxylation sites is 2. The van der Waals surface area contributed by atoms with Crippen LogP contribution in [-0.4, -0.2) is 41.0 Å². The van der Waals surface area contributed by atoms with Crippen molar-refractivity contribution in [2.75, 3.05) is 13.2 Å². The van der Waals surface area contributed by atoms with Crippen LogP contribution in [-0.2, 0) is 20.9 Å². The highest BCUT2D eigenvalue weighted by Gasteiger charge is 2.32. The van der Waals surface area contributed by atoms with Gasteiger partial charge in [-0.05, 0) is 55.9 Å². The van der Waals surface area contributed by atoms with Crippen molar-refractivity contribution in [1.29, 1.82) is 5.26 Å². The highest BCUT2D eigenvalue weighted by atomic mass is 32.1. The zero-order valence-electron chi connectivity index (χ0n) is 24.2. The number of amides is 1. The molecule has 0 spiro atoms. The van der Waals surface area contributed by atoms with Crippen LogP contribution >= 0.6 is 12.2 Å². The summed E-state index contributed by atoms with van der Waals surface area (Å²) in [7, 11) is 0. The van der Waals surface area contributed by atoms with Crippen molar-refractivity contribution in [2.24, 2.45) is 5.10 Å². The number of carbonyl (C=O) groups excluding carboxylic acids is 2. The van der Waals surface area contributed by atoms with E-state index >= 15 is 0 Å². The van der Waals surface area contributed by atoms with Crippen molar-refractivity contribution in [3.8, 4) is 11.8 Å². The Hall–Kier alpha value is -5.47. The fourth-order valence-corrected chi connectivity index (χ4v) is 5.27. The largest absolute Gasteiger partial charge is 0.483 e. The summed E-state index contributed by atoms with van der Waals surface area (Å²) < 4.78 is 13.3. The number of hydrogen-bond donors (Lipinski definition) is 3. The summed E-state index contributed by atoms with van der Waals surface area (Å²) >= 11 is 5.33. The maximum absolute atomic E-state index is 12.8. The molecule has 0 radical (unpaired) electrons. The third kappa shape index (κ3) is 6.77. The van der Waals surface area contributed by atoms with Gasteiger partial charge in [0, 0.05) is 40.5 Å². The van der Waals surface area contributed by atoms with E-state index < -0.39 is 17.9 Å². The number of aromatic nitrogens is 1. The lowest BCUT2D eigenvalue weighted by Crippen LogP contribution is -2.45. The Morgan fingerprint density at radius 3 is 2.64 bits per heavy atom. The van der Waals surface area contributed by atoms with Gasteiger partial charge in [0.15, 0.2) is 11.7 Å². The van der Waals surface area contributed by atoms with Crippen LogP contribution in [0.5, 0.6) is 5.75 Å². The third-order valence-corrected chi connectivity index (χ3v) is 7.22. The van der Waals surface area contributed by atoms with E-state index in [4.69, 9.17) is 27.0 Å². The number of allylic oxidation sites excluding steroid dienone is 1. The molecule has 44 heavy (non-hydrogen) atoms. The summed E-state index contributed by atoms with van der Waals surface area (Å²) in [5, 5.41) is 20.7. The molecule has 3 N–H and O–H groups in total. The molecule has 0 bridgehead atoms. The number of nitrogens with zero attached hydrogens (tertiary/aromatic N) is 3. The summed E-state index contributed by atoms with van der Waals surface area (Å²) in [6.45, 7) is 4.03. The van der Waals surface area contributed by atoms with Crippen LogP contribution in [0.2, 0.25) is 0 Å². The summed E-state index contributed by atoms with van der Waals surface area (Å²) in [5.41, 5.74) is 7.64. The molecule has 0 aliphatic carbocycles. The van der Waals surface area contributed by atoms with Crippen LogP contribution in [0, 0.1) is 11.3 Å². The first-order chi connectivity index (χ1) is 21.4. The maximum atomic E-state index is 12.8. The fourth-order valence-electron chi connectivity index (χ4n) is 5.00. The number of hydrogen-bond acceptors (Lipinski definition) is 7. The molecule has 4 aromatic rings. The van der Waals surface area contributed by atoms with Crippen molar-refractivity contribution < 1.29 is 19.1 Å². The first-order valence-electron chi connectivity index (χ1n) is 13.9. The maximum Gasteiger partial charge on any atom is 0.338 e. The van der Waals surface area contributed by atoms with Gasteiger partial charge < -0.3 is 24.7 Å². The first kappa shape index (κ1) is 30.0. The molecule has 11 heteroatoms. The van der Waals surface area contributed by atoms with Crippen molar-refractivity contribution in [2.45, 2.75) is 26.4 Å². The Labute approximate surface area is 260 Å². The van der Waals surface area contributed by atoms with E-state index in [1.807, 2.05) is 48.7 Å². The number of carbonyl (C=O) groups is 2. The summed E-state index contributed by atoms with van der Waals surface area (Å²) in [6, 6.07) is 24.0. The fraction of sp³-hybridized carbons (Fsp3) is 0.182. The molecule has 1 aliphatic rings. The van der Waals surface area contributed by atoms with Crippen LogP contribution in [0.1, 0.15) is 42.1 Å². The van der Waals surface area contributed by atoms with Gasteiger partial charge in [0.2, 0.25) is 0 Å². The van der Waals surface area contributed by atoms with Gasteiger partial charge in [-0.1, -0.05) is 48.5 Å². The molecule has 1 aliphatic heterocycles. The lowest BCUT2D eigenvalue weighted by atomic mass is 9.95. The van der Waals surface area contributed by atoms with Gasteiger partial charge in [0.05, 0.1) is 36.1 Å². The van der Waals surface area contributed by atoms with E-state index in [2.05, 4.69) is 31.8 Å². The molecule has 2 heterocycles. The predicted octanol–water partition coefficient (Wildman–Crippen LogP) is 4.45. The number of nitriles is 1. The smallest absolute Gasteiger partial charge is 0.338 e. The van der Waals surface area contributed by atoms with E-state index in [-0.39, 0.29) is 13.2 Å². The second-order valence-corrected chi connectivity index (χ2v) is 10.4. The van der Waals surface area contributed by atoms with Crippen molar-refractivity contribution in [3.63, 3.8) is 0 Å². The van der Waals surface area contributed by atoms with Crippen LogP contribution in [0.3, 0.4) is 0 Å². The van der Waals surface area contributed by atoms with Gasteiger partial charge in [-0.15, -0.1) is 0 Å². The third-order valence-electron chi connectivity index (χ3n) is 7.00. The zero-order valence-corrected chi connectivity index (χ0v) is 25.0. The molecule has 0 unspecified atom stereocenters. The molecule has 10 nitrogen and oxygen atoms in total. The number of ether oxygens (including phenoxy) is 2. The van der Waals surface area contributed by atoms with Crippen molar-refractivity contribution in [1.82, 2.24) is 20.6 Å². The van der Waals surface area contributed by atoms with E-state index in [0.29, 0.717) is 39.8 Å². The van der Waals surface area contributed by atoms with Crippen LogP contribution in [0.15, 0.2) is 95.4 Å². The molecule has 1 amide bonds. The van der Waals surface area contributed by atoms with Gasteiger partial charge in [-0.3, -0.25) is 4.79 Å². The molecule has 5 rings (SSSR count). The number of esters is 1. The molecule has 1 atom stereocenters. The van der Waals surface area contributed by atoms with E-state index in [1.165, 1.54) is 0 Å². The van der Waals surface area contributed by atoms with E-state index in [1.54, 1.807) is 50.4 Å². The Bertz CT molecular complexity index is 1820. The minimum Gasteiger partial charge on any atom is -0.483 e. The lowest BCUT2D eigenvalue weighted by molar-refractivity contribution is -0.139. The van der Waals surface area contributed by atoms with E-state index in [0.717, 1.165) is 22.0 Å². The molecular weight excluding hydrogens is 576 g/mol. The van der Waals surface area contributed by atoms with Gasteiger partial charge in [0.1, 0.15) is 5.75 Å². The summed E-state index contributed by atoms with van der Waals surface area (Å²) in [5.74, 6) is -0.518. The molecule has 0 saturated carbocycles. The topological polar surface area (TPSA) is 130 Å². The Kier molecular flexibility index (Phi) is 9.32. The molecule has 222 valence electrons. The first-order valence-corrected chi connectivity index (χ1v) is 14.3. The number of benzene rings is 3. The number of rotatable bonds is 10. The van der Waals surface area contributed by atoms with Crippen LogP contribution < -0.4 is 20.8 Å². The average molecular weight is 607 g/mol. The quantitative estimate of drug-likeness (QED) is 0.105. The van der Waals surface area contributed by atoms with E-state index in [9.17, 15) is 9.59 Å². The Balaban J connectivity index is 1.27. The van der Waals surface area contributed by atoms with Gasteiger partial charge in [0.25, 0.3) is 5.91 Å². The van der Waals surface area contributed by atoms with Crippen LogP contribution in [0.25, 0.3) is 10.9 Å². The van der Waals surface area contributed by atoms with Gasteiger partial charge in [-0.25, -0.2) is 10.2 Å². The van der Waals surface area contributed by atoms with Crippen molar-refractivity contribution in [3.05, 3.63) is 113 Å². The van der Waals surface area contributed by atoms with Gasteiger partial charge in [-0.2, -0.15) is 10.4 Å². The monoisotopic (exact) mass is 606 g/mol. The normalized spacial score (nSPS) is 14.6. The molecule has 0 fully saturated rings. The predicted molar refractivity (Wildman–Crippen MR) is 171 cm³/mol. The molecule has 0 saturated heterocycles. The molecule has 3 aromatic carbocycles. The van der Waals surface area contributed by atoms with Crippen molar-refractivity contribution >= 4 is 46.3 Å². The summed E-state index contributed by atoms with van der Waals surface area (Å²) in [6.07, 6.45) is 3.57. The standard InChI is InChI=1S/C33H30N6O4S/c1-3-42-32(41)30-21(2)36-33(44)37-31(30)26-9-5-7-11-28(26)43-20-29(40)38-35-17-24-19-39(27-10-6-4-8-25(24)27)18-23-14-12-22(16-34)13-15-23/h4-15,17,19,31H,3,18,20H2,1-2H3,(H,38,40)(H2,36,37,44)/t31-/m1/s1. The summed E-state index contributed by atoms with van der Waals surface area (Å²) in [4.78, 5) is 25.5. The number of thiocarbonyl (C=S) groups is 1. The second-order valence-electron chi connectivity index (χ2n) is 9.95. The molecular formula is C33H30N6O4S. The Morgan fingerprint density at radius 1 is 1.11 bits per heavy atom. The minimum atomic E-state index is -0.623. The SMILES string of the molecule is CCOC(=O)C1=C(C)NC(=S)N[C@@H]1c1ccccc1OCC(=O)NN=Cc1cn(Cc2ccc(C#N)cc2)c2ccccc12. The number of fused-ring (bicyclic) bond motifs is 1. The average Bonchev–Trinajstić information content (AvgIpc) is 3.37. The number of hydrazone groups is 1.